The standard InChI is InChI=1S/C20H41ClN2O5/c1-19(2,3)17(24)15-28-16-18(21)22-7-9-25-11-13-27-14-12-26-10-8-23-20(4,5)6/h18,22-23H,7-16H2,1-6H3. The smallest absolute Gasteiger partial charge is 0.163 e. The van der Waals surface area contributed by atoms with E-state index in [-0.39, 0.29) is 35.5 Å². The van der Waals surface area contributed by atoms with Crippen molar-refractivity contribution in [2.24, 2.45) is 5.41 Å². The molecule has 0 fully saturated rings. The van der Waals surface area contributed by atoms with Crippen LogP contribution in [0.5, 0.6) is 0 Å². The molecule has 0 spiro atoms. The average molecular weight is 425 g/mol. The highest BCUT2D eigenvalue weighted by molar-refractivity contribution is 6.20. The fraction of sp³-hybridized carbons (Fsp3) is 0.950. The van der Waals surface area contributed by atoms with E-state index in [1.165, 1.54) is 0 Å². The van der Waals surface area contributed by atoms with E-state index in [2.05, 4.69) is 31.4 Å². The number of ether oxygens (including phenoxy) is 4. The summed E-state index contributed by atoms with van der Waals surface area (Å²) in [6, 6.07) is 0. The first-order valence-electron chi connectivity index (χ1n) is 9.99. The summed E-state index contributed by atoms with van der Waals surface area (Å²) in [4.78, 5) is 11.7. The largest absolute Gasteiger partial charge is 0.378 e. The third-order valence-corrected chi connectivity index (χ3v) is 3.87. The Hall–Kier alpha value is -0.280. The summed E-state index contributed by atoms with van der Waals surface area (Å²) in [6.07, 6.45) is 0. The molecule has 0 amide bonds. The Bertz CT molecular complexity index is 397. The molecule has 1 atom stereocenters. The Kier molecular flexibility index (Phi) is 15.4. The molecule has 0 aliphatic carbocycles. The predicted molar refractivity (Wildman–Crippen MR) is 113 cm³/mol. The van der Waals surface area contributed by atoms with Crippen molar-refractivity contribution in [3.63, 3.8) is 0 Å². The minimum atomic E-state index is -0.388. The van der Waals surface area contributed by atoms with Crippen molar-refractivity contribution in [3.05, 3.63) is 0 Å². The number of halogens is 1. The Balaban J connectivity index is 3.31. The minimum absolute atomic E-state index is 0.0617. The van der Waals surface area contributed by atoms with Gasteiger partial charge < -0.3 is 24.3 Å². The maximum Gasteiger partial charge on any atom is 0.163 e. The molecule has 0 aliphatic rings. The summed E-state index contributed by atoms with van der Waals surface area (Å²) in [5, 5.41) is 6.43. The molecule has 0 saturated carbocycles. The molecular weight excluding hydrogens is 384 g/mol. The zero-order valence-electron chi connectivity index (χ0n) is 18.6. The molecule has 7 nitrogen and oxygen atoms in total. The molecule has 0 aromatic carbocycles. The van der Waals surface area contributed by atoms with E-state index in [1.54, 1.807) is 0 Å². The van der Waals surface area contributed by atoms with E-state index in [4.69, 9.17) is 30.5 Å². The number of carbonyl (C=O) groups excluding carboxylic acids is 1. The highest BCUT2D eigenvalue weighted by atomic mass is 35.5. The quantitative estimate of drug-likeness (QED) is 0.210. The lowest BCUT2D eigenvalue weighted by atomic mass is 9.91. The molecule has 0 aliphatic heterocycles. The third-order valence-electron chi connectivity index (χ3n) is 3.59. The third kappa shape index (κ3) is 19.1. The van der Waals surface area contributed by atoms with Crippen LogP contribution in [0.25, 0.3) is 0 Å². The molecule has 0 bridgehead atoms. The summed E-state index contributed by atoms with van der Waals surface area (Å²) in [5.74, 6) is 0.0617. The maximum atomic E-state index is 11.7. The van der Waals surface area contributed by atoms with Crippen LogP contribution >= 0.6 is 11.6 Å². The van der Waals surface area contributed by atoms with E-state index in [1.807, 2.05) is 20.8 Å². The number of Topliss-reactive ketones (excluding diaryl/α,β-unsaturated/α-hetero) is 1. The van der Waals surface area contributed by atoms with Crippen LogP contribution in [-0.2, 0) is 23.7 Å². The molecule has 28 heavy (non-hydrogen) atoms. The molecule has 0 saturated heterocycles. The number of nitrogens with one attached hydrogen (secondary N) is 2. The average Bonchev–Trinajstić information content (AvgIpc) is 2.57. The van der Waals surface area contributed by atoms with Gasteiger partial charge in [-0.2, -0.15) is 0 Å². The Morgan fingerprint density at radius 1 is 0.821 bits per heavy atom. The second-order valence-corrected chi connectivity index (χ2v) is 9.15. The predicted octanol–water partition coefficient (Wildman–Crippen LogP) is 2.21. The van der Waals surface area contributed by atoms with Gasteiger partial charge in [-0.15, -0.1) is 11.6 Å². The number of hydrogen-bond donors (Lipinski definition) is 2. The SMILES string of the molecule is CC(C)(C)NCCOCCOCCOCCNC(Cl)COCC(=O)C(C)(C)C. The first kappa shape index (κ1) is 27.7. The van der Waals surface area contributed by atoms with Crippen molar-refractivity contribution in [3.8, 4) is 0 Å². The Morgan fingerprint density at radius 2 is 1.32 bits per heavy atom. The molecule has 0 rings (SSSR count). The number of carbonyl (C=O) groups is 1. The first-order valence-corrected chi connectivity index (χ1v) is 10.4. The first-order chi connectivity index (χ1) is 13.0. The van der Waals surface area contributed by atoms with Crippen LogP contribution in [0.3, 0.4) is 0 Å². The van der Waals surface area contributed by atoms with Gasteiger partial charge in [0, 0.05) is 24.0 Å². The Labute approximate surface area is 176 Å². The van der Waals surface area contributed by atoms with Gasteiger partial charge >= 0.3 is 0 Å². The van der Waals surface area contributed by atoms with Crippen molar-refractivity contribution >= 4 is 17.4 Å². The monoisotopic (exact) mass is 424 g/mol. The molecule has 168 valence electrons. The second-order valence-electron chi connectivity index (χ2n) is 8.62. The summed E-state index contributed by atoms with van der Waals surface area (Å²) in [6.45, 7) is 17.2. The summed E-state index contributed by atoms with van der Waals surface area (Å²) in [5.41, 5.74) is -0.619. The maximum absolute atomic E-state index is 11.7. The molecular formula is C20H41ClN2O5. The van der Waals surface area contributed by atoms with Crippen molar-refractivity contribution in [1.29, 1.82) is 0 Å². The van der Waals surface area contributed by atoms with Crippen LogP contribution in [0.4, 0.5) is 0 Å². The lowest BCUT2D eigenvalue weighted by Gasteiger charge is -2.20. The number of hydrogen-bond acceptors (Lipinski definition) is 7. The van der Waals surface area contributed by atoms with Crippen LogP contribution in [0.2, 0.25) is 0 Å². The highest BCUT2D eigenvalue weighted by Crippen LogP contribution is 2.14. The van der Waals surface area contributed by atoms with Crippen molar-refractivity contribution < 1.29 is 23.7 Å². The van der Waals surface area contributed by atoms with Gasteiger partial charge in [0.15, 0.2) is 5.78 Å². The molecule has 8 heteroatoms. The van der Waals surface area contributed by atoms with Crippen LogP contribution in [-0.4, -0.2) is 82.8 Å². The van der Waals surface area contributed by atoms with Crippen molar-refractivity contribution in [2.45, 2.75) is 52.6 Å². The van der Waals surface area contributed by atoms with Gasteiger partial charge in [0.1, 0.15) is 12.1 Å². The second kappa shape index (κ2) is 15.5. The summed E-state index contributed by atoms with van der Waals surface area (Å²) < 4.78 is 21.7. The number of rotatable bonds is 17. The van der Waals surface area contributed by atoms with Crippen molar-refractivity contribution in [2.75, 3.05) is 65.9 Å². The minimum Gasteiger partial charge on any atom is -0.378 e. The van der Waals surface area contributed by atoms with Gasteiger partial charge in [-0.3, -0.25) is 10.1 Å². The van der Waals surface area contributed by atoms with E-state index < -0.39 is 0 Å². The fourth-order valence-corrected chi connectivity index (χ4v) is 2.06. The van der Waals surface area contributed by atoms with E-state index in [9.17, 15) is 4.79 Å². The van der Waals surface area contributed by atoms with E-state index in [0.29, 0.717) is 46.2 Å². The van der Waals surface area contributed by atoms with Gasteiger partial charge in [-0.25, -0.2) is 0 Å². The summed E-state index contributed by atoms with van der Waals surface area (Å²) >= 11 is 6.09. The topological polar surface area (TPSA) is 78.1 Å². The molecule has 0 aromatic heterocycles. The van der Waals surface area contributed by atoms with Crippen LogP contribution in [0.15, 0.2) is 0 Å². The van der Waals surface area contributed by atoms with E-state index >= 15 is 0 Å². The highest BCUT2D eigenvalue weighted by Gasteiger charge is 2.21. The van der Waals surface area contributed by atoms with E-state index in [0.717, 1.165) is 6.54 Å². The Morgan fingerprint density at radius 3 is 1.82 bits per heavy atom. The molecule has 1 unspecified atom stereocenters. The van der Waals surface area contributed by atoms with Crippen LogP contribution in [0.1, 0.15) is 41.5 Å². The zero-order chi connectivity index (χ0) is 21.5. The fourth-order valence-electron chi connectivity index (χ4n) is 1.86. The lowest BCUT2D eigenvalue weighted by molar-refractivity contribution is -0.131. The van der Waals surface area contributed by atoms with Gasteiger partial charge in [-0.05, 0) is 20.8 Å². The normalized spacial score (nSPS) is 13.7. The van der Waals surface area contributed by atoms with Gasteiger partial charge in [0.05, 0.1) is 46.2 Å². The molecule has 0 aromatic rings. The number of alkyl halides is 1. The zero-order valence-corrected chi connectivity index (χ0v) is 19.3. The summed E-state index contributed by atoms with van der Waals surface area (Å²) in [7, 11) is 0. The van der Waals surface area contributed by atoms with Crippen molar-refractivity contribution in [1.82, 2.24) is 10.6 Å². The lowest BCUT2D eigenvalue weighted by Crippen LogP contribution is -2.38. The van der Waals surface area contributed by atoms with Crippen LogP contribution < -0.4 is 10.6 Å². The molecule has 0 radical (unpaired) electrons. The van der Waals surface area contributed by atoms with Gasteiger partial charge in [0.25, 0.3) is 0 Å². The van der Waals surface area contributed by atoms with Crippen LogP contribution in [0, 0.1) is 5.41 Å². The number of ketones is 1. The van der Waals surface area contributed by atoms with Gasteiger partial charge in [-0.1, -0.05) is 20.8 Å². The molecule has 0 heterocycles. The molecule has 2 N–H and O–H groups in total. The van der Waals surface area contributed by atoms with Gasteiger partial charge in [0.2, 0.25) is 0 Å².